The monoisotopic (exact) mass is 214 g/mol. The molecule has 0 saturated heterocycles. The van der Waals surface area contributed by atoms with E-state index in [0.717, 1.165) is 13.2 Å². The number of ether oxygens (including phenoxy) is 1. The zero-order chi connectivity index (χ0) is 11.1. The van der Waals surface area contributed by atoms with Crippen LogP contribution in [-0.2, 0) is 4.74 Å². The first kappa shape index (κ1) is 12.9. The van der Waals surface area contributed by atoms with Crippen molar-refractivity contribution in [3.05, 3.63) is 0 Å². The smallest absolute Gasteiger partial charge is 0.0468 e. The van der Waals surface area contributed by atoms with Crippen molar-refractivity contribution in [2.75, 3.05) is 47.4 Å². The van der Waals surface area contributed by atoms with Gasteiger partial charge in [-0.1, -0.05) is 0 Å². The second-order valence-corrected chi connectivity index (χ2v) is 5.08. The Morgan fingerprint density at radius 2 is 2.07 bits per heavy atom. The zero-order valence-corrected chi connectivity index (χ0v) is 10.5. The molecule has 1 N–H and O–H groups in total. The molecule has 0 aromatic heterocycles. The van der Waals surface area contributed by atoms with Crippen molar-refractivity contribution in [3.63, 3.8) is 0 Å². The van der Waals surface area contributed by atoms with E-state index in [0.29, 0.717) is 5.41 Å². The topological polar surface area (TPSA) is 24.5 Å². The third kappa shape index (κ3) is 5.50. The van der Waals surface area contributed by atoms with E-state index in [9.17, 15) is 0 Å². The van der Waals surface area contributed by atoms with E-state index in [-0.39, 0.29) is 0 Å². The predicted octanol–water partition coefficient (Wildman–Crippen LogP) is 1.34. The van der Waals surface area contributed by atoms with Crippen molar-refractivity contribution < 1.29 is 4.74 Å². The Morgan fingerprint density at radius 3 is 2.60 bits per heavy atom. The van der Waals surface area contributed by atoms with Crippen LogP contribution in [-0.4, -0.2) is 52.3 Å². The first-order chi connectivity index (χ1) is 7.18. The number of hydrogen-bond donors (Lipinski definition) is 1. The fourth-order valence-corrected chi connectivity index (χ4v) is 1.88. The average Bonchev–Trinajstić information content (AvgIpc) is 2.95. The van der Waals surface area contributed by atoms with Gasteiger partial charge in [-0.15, -0.1) is 0 Å². The maximum absolute atomic E-state index is 5.14. The lowest BCUT2D eigenvalue weighted by Crippen LogP contribution is -2.27. The molecule has 15 heavy (non-hydrogen) atoms. The number of nitrogens with zero attached hydrogens (tertiary/aromatic N) is 1. The minimum Gasteiger partial charge on any atom is -0.385 e. The van der Waals surface area contributed by atoms with Crippen LogP contribution in [0.1, 0.15) is 25.7 Å². The van der Waals surface area contributed by atoms with E-state index in [2.05, 4.69) is 24.3 Å². The van der Waals surface area contributed by atoms with Crippen LogP contribution >= 0.6 is 0 Å². The Morgan fingerprint density at radius 1 is 1.33 bits per heavy atom. The predicted molar refractivity (Wildman–Crippen MR) is 64.2 cm³/mol. The van der Waals surface area contributed by atoms with Gasteiger partial charge in [0.15, 0.2) is 0 Å². The quantitative estimate of drug-likeness (QED) is 0.586. The molecule has 0 unspecified atom stereocenters. The summed E-state index contributed by atoms with van der Waals surface area (Å²) in [5.74, 6) is 0. The lowest BCUT2D eigenvalue weighted by atomic mass is 10.0. The van der Waals surface area contributed by atoms with Gasteiger partial charge in [0.05, 0.1) is 0 Å². The second kappa shape index (κ2) is 6.46. The highest BCUT2D eigenvalue weighted by Crippen LogP contribution is 2.48. The van der Waals surface area contributed by atoms with Crippen molar-refractivity contribution in [2.45, 2.75) is 25.7 Å². The van der Waals surface area contributed by atoms with Crippen molar-refractivity contribution >= 4 is 0 Å². The Kier molecular flexibility index (Phi) is 5.58. The molecule has 0 aromatic rings. The molecule has 0 aliphatic heterocycles. The maximum Gasteiger partial charge on any atom is 0.0468 e. The lowest BCUT2D eigenvalue weighted by molar-refractivity contribution is 0.171. The highest BCUT2D eigenvalue weighted by Gasteiger charge is 2.41. The minimum atomic E-state index is 0.591. The van der Waals surface area contributed by atoms with Crippen LogP contribution in [0.25, 0.3) is 0 Å². The number of nitrogens with one attached hydrogen (secondary N) is 1. The van der Waals surface area contributed by atoms with Crippen molar-refractivity contribution in [3.8, 4) is 0 Å². The summed E-state index contributed by atoms with van der Waals surface area (Å²) in [5, 5.41) is 3.57. The van der Waals surface area contributed by atoms with Gasteiger partial charge in [-0.25, -0.2) is 0 Å². The summed E-state index contributed by atoms with van der Waals surface area (Å²) < 4.78 is 5.14. The molecule has 90 valence electrons. The largest absolute Gasteiger partial charge is 0.385 e. The molecule has 1 aliphatic rings. The summed E-state index contributed by atoms with van der Waals surface area (Å²) in [7, 11) is 6.04. The molecule has 0 atom stereocenters. The van der Waals surface area contributed by atoms with E-state index < -0.39 is 0 Å². The zero-order valence-electron chi connectivity index (χ0n) is 10.5. The highest BCUT2D eigenvalue weighted by molar-refractivity contribution is 4.94. The van der Waals surface area contributed by atoms with Gasteiger partial charge in [0.25, 0.3) is 0 Å². The molecule has 0 bridgehead atoms. The number of rotatable bonds is 9. The molecule has 1 fully saturated rings. The minimum absolute atomic E-state index is 0.591. The molecular formula is C12H26N2O. The molecule has 1 saturated carbocycles. The van der Waals surface area contributed by atoms with E-state index >= 15 is 0 Å². The fraction of sp³-hybridized carbons (Fsp3) is 1.00. The SMILES string of the molecule is COCCC1(CNCCCN(C)C)CC1. The van der Waals surface area contributed by atoms with Crippen LogP contribution in [0.2, 0.25) is 0 Å². The Balaban J connectivity index is 1.95. The molecule has 3 heteroatoms. The molecule has 0 aromatic carbocycles. The van der Waals surface area contributed by atoms with Crippen LogP contribution in [0.3, 0.4) is 0 Å². The molecule has 1 aliphatic carbocycles. The van der Waals surface area contributed by atoms with Crippen LogP contribution in [0, 0.1) is 5.41 Å². The molecule has 0 heterocycles. The summed E-state index contributed by atoms with van der Waals surface area (Å²) in [6.07, 6.45) is 5.24. The van der Waals surface area contributed by atoms with Gasteiger partial charge in [-0.2, -0.15) is 0 Å². The molecule has 0 amide bonds. The van der Waals surface area contributed by atoms with Crippen molar-refractivity contribution in [2.24, 2.45) is 5.41 Å². The highest BCUT2D eigenvalue weighted by atomic mass is 16.5. The van der Waals surface area contributed by atoms with Gasteiger partial charge in [0.2, 0.25) is 0 Å². The van der Waals surface area contributed by atoms with Gasteiger partial charge in [-0.3, -0.25) is 0 Å². The average molecular weight is 214 g/mol. The summed E-state index contributed by atoms with van der Waals surface area (Å²) in [6.45, 7) is 4.42. The molecule has 0 spiro atoms. The molecular weight excluding hydrogens is 188 g/mol. The molecule has 1 rings (SSSR count). The van der Waals surface area contributed by atoms with Gasteiger partial charge in [-0.05, 0) is 58.3 Å². The van der Waals surface area contributed by atoms with Crippen LogP contribution in [0.15, 0.2) is 0 Å². The van der Waals surface area contributed by atoms with Gasteiger partial charge in [0, 0.05) is 20.3 Å². The summed E-state index contributed by atoms with van der Waals surface area (Å²) >= 11 is 0. The normalized spacial score (nSPS) is 18.4. The Bertz CT molecular complexity index is 167. The van der Waals surface area contributed by atoms with Crippen molar-refractivity contribution in [1.29, 1.82) is 0 Å². The van der Waals surface area contributed by atoms with E-state index in [4.69, 9.17) is 4.74 Å². The van der Waals surface area contributed by atoms with Crippen LogP contribution in [0.4, 0.5) is 0 Å². The number of methoxy groups -OCH3 is 1. The third-order valence-electron chi connectivity index (χ3n) is 3.25. The van der Waals surface area contributed by atoms with Crippen LogP contribution in [0.5, 0.6) is 0 Å². The summed E-state index contributed by atoms with van der Waals surface area (Å²) in [6, 6.07) is 0. The summed E-state index contributed by atoms with van der Waals surface area (Å²) in [4.78, 5) is 2.24. The second-order valence-electron chi connectivity index (χ2n) is 5.08. The summed E-state index contributed by atoms with van der Waals surface area (Å²) in [5.41, 5.74) is 0.591. The van der Waals surface area contributed by atoms with Gasteiger partial charge >= 0.3 is 0 Å². The maximum atomic E-state index is 5.14. The van der Waals surface area contributed by atoms with Crippen LogP contribution < -0.4 is 5.32 Å². The Labute approximate surface area is 94.2 Å². The molecule has 3 nitrogen and oxygen atoms in total. The first-order valence-electron chi connectivity index (χ1n) is 6.03. The van der Waals surface area contributed by atoms with E-state index in [1.54, 1.807) is 7.11 Å². The van der Waals surface area contributed by atoms with Crippen molar-refractivity contribution in [1.82, 2.24) is 10.2 Å². The molecule has 0 radical (unpaired) electrons. The Hall–Kier alpha value is -0.120. The number of hydrogen-bond acceptors (Lipinski definition) is 3. The standard InChI is InChI=1S/C12H26N2O/c1-14(2)9-4-8-13-11-12(5-6-12)7-10-15-3/h13H,4-11H2,1-3H3. The van der Waals surface area contributed by atoms with Gasteiger partial charge in [0.1, 0.15) is 0 Å². The van der Waals surface area contributed by atoms with E-state index in [1.807, 2.05) is 0 Å². The van der Waals surface area contributed by atoms with Gasteiger partial charge < -0.3 is 15.0 Å². The fourth-order valence-electron chi connectivity index (χ4n) is 1.88. The van der Waals surface area contributed by atoms with E-state index in [1.165, 1.54) is 38.8 Å². The third-order valence-corrected chi connectivity index (χ3v) is 3.25. The first-order valence-corrected chi connectivity index (χ1v) is 6.03. The lowest BCUT2D eigenvalue weighted by Gasteiger charge is -2.16.